The largest absolute Gasteiger partial charge is 0.493 e. The minimum atomic E-state index is -0.499. The summed E-state index contributed by atoms with van der Waals surface area (Å²) in [5, 5.41) is 10.7. The molecule has 0 heterocycles. The molecular weight excluding hydrogens is 250 g/mol. The van der Waals surface area contributed by atoms with Crippen LogP contribution >= 0.6 is 0 Å². The molecule has 0 aromatic heterocycles. The summed E-state index contributed by atoms with van der Waals surface area (Å²) in [6.07, 6.45) is 2.76. The summed E-state index contributed by atoms with van der Waals surface area (Å²) in [4.78, 5) is 21.4. The summed E-state index contributed by atoms with van der Waals surface area (Å²) >= 11 is 0. The second kappa shape index (κ2) is 7.15. The van der Waals surface area contributed by atoms with Crippen molar-refractivity contribution in [3.63, 3.8) is 0 Å². The number of nitro groups is 1. The van der Waals surface area contributed by atoms with Gasteiger partial charge >= 0.3 is 5.97 Å². The van der Waals surface area contributed by atoms with Crippen molar-refractivity contribution in [3.05, 3.63) is 40.0 Å². The molecule has 6 nitrogen and oxygen atoms in total. The van der Waals surface area contributed by atoms with Gasteiger partial charge in [0.15, 0.2) is 0 Å². The molecule has 1 aromatic rings. The molecule has 0 amide bonds. The fraction of sp³-hybridized carbons (Fsp3) is 0.308. The summed E-state index contributed by atoms with van der Waals surface area (Å²) in [6, 6.07) is 4.21. The lowest BCUT2D eigenvalue weighted by atomic mass is 10.1. The summed E-state index contributed by atoms with van der Waals surface area (Å²) in [5.74, 6) is -0.111. The van der Waals surface area contributed by atoms with Crippen LogP contribution in [0.1, 0.15) is 19.4 Å². The van der Waals surface area contributed by atoms with Gasteiger partial charge in [-0.15, -0.1) is 0 Å². The third-order valence-electron chi connectivity index (χ3n) is 2.19. The molecule has 19 heavy (non-hydrogen) atoms. The number of rotatable bonds is 6. The molecule has 0 fully saturated rings. The maximum atomic E-state index is 11.2. The first-order valence-corrected chi connectivity index (χ1v) is 5.84. The van der Waals surface area contributed by atoms with E-state index in [0.717, 1.165) is 0 Å². The maximum Gasteiger partial charge on any atom is 0.330 e. The van der Waals surface area contributed by atoms with E-state index < -0.39 is 10.9 Å². The lowest BCUT2D eigenvalue weighted by molar-refractivity contribution is -0.384. The third-order valence-corrected chi connectivity index (χ3v) is 2.19. The van der Waals surface area contributed by atoms with E-state index in [1.54, 1.807) is 13.8 Å². The Morgan fingerprint density at radius 1 is 1.37 bits per heavy atom. The van der Waals surface area contributed by atoms with Crippen molar-refractivity contribution in [2.24, 2.45) is 0 Å². The summed E-state index contributed by atoms with van der Waals surface area (Å²) in [5.41, 5.74) is 0.525. The molecule has 1 aromatic carbocycles. The van der Waals surface area contributed by atoms with Gasteiger partial charge in [0, 0.05) is 17.7 Å². The summed E-state index contributed by atoms with van der Waals surface area (Å²) < 4.78 is 10.1. The van der Waals surface area contributed by atoms with Crippen LogP contribution in [0.15, 0.2) is 24.3 Å². The first-order chi connectivity index (χ1) is 9.08. The number of carbonyl (C=O) groups is 1. The van der Waals surface area contributed by atoms with Crippen molar-refractivity contribution in [1.82, 2.24) is 0 Å². The Hall–Kier alpha value is -2.37. The van der Waals surface area contributed by atoms with E-state index in [1.807, 2.05) is 0 Å². The van der Waals surface area contributed by atoms with Crippen LogP contribution in [-0.4, -0.2) is 24.1 Å². The minimum Gasteiger partial charge on any atom is -0.493 e. The number of non-ortho nitro benzene ring substituents is 1. The van der Waals surface area contributed by atoms with Gasteiger partial charge in [-0.2, -0.15) is 0 Å². The van der Waals surface area contributed by atoms with Gasteiger partial charge in [0.05, 0.1) is 24.2 Å². The number of nitrogens with zero attached hydrogens (tertiary/aromatic N) is 1. The minimum absolute atomic E-state index is 0.0586. The molecular formula is C13H15NO5. The molecule has 0 aliphatic heterocycles. The number of nitro benzene ring substituents is 1. The number of ether oxygens (including phenoxy) is 2. The molecule has 1 rings (SSSR count). The first-order valence-electron chi connectivity index (χ1n) is 5.84. The van der Waals surface area contributed by atoms with Crippen LogP contribution in [0, 0.1) is 10.1 Å². The SMILES string of the molecule is CCOC(=O)/C=C/c1ccc([N+](=O)[O-])cc1OCC. The van der Waals surface area contributed by atoms with Gasteiger partial charge in [0.1, 0.15) is 5.75 Å². The molecule has 0 N–H and O–H groups in total. The number of benzene rings is 1. The number of hydrogen-bond donors (Lipinski definition) is 0. The predicted octanol–water partition coefficient (Wildman–Crippen LogP) is 2.57. The Morgan fingerprint density at radius 3 is 2.68 bits per heavy atom. The lowest BCUT2D eigenvalue weighted by Gasteiger charge is -2.06. The first kappa shape index (κ1) is 14.7. The zero-order chi connectivity index (χ0) is 14.3. The molecule has 0 aliphatic carbocycles. The van der Waals surface area contributed by atoms with Crippen molar-refractivity contribution in [1.29, 1.82) is 0 Å². The zero-order valence-electron chi connectivity index (χ0n) is 10.8. The second-order valence-electron chi connectivity index (χ2n) is 3.50. The zero-order valence-corrected chi connectivity index (χ0v) is 10.8. The van der Waals surface area contributed by atoms with Crippen LogP contribution in [0.25, 0.3) is 6.08 Å². The van der Waals surface area contributed by atoms with Crippen molar-refractivity contribution in [2.75, 3.05) is 13.2 Å². The highest BCUT2D eigenvalue weighted by molar-refractivity contribution is 5.87. The van der Waals surface area contributed by atoms with Crippen LogP contribution in [0.3, 0.4) is 0 Å². The van der Waals surface area contributed by atoms with Gasteiger partial charge in [-0.3, -0.25) is 10.1 Å². The third kappa shape index (κ3) is 4.42. The van der Waals surface area contributed by atoms with Gasteiger partial charge in [-0.1, -0.05) is 0 Å². The molecule has 0 radical (unpaired) electrons. The number of carbonyl (C=O) groups excluding carboxylic acids is 1. The quantitative estimate of drug-likeness (QED) is 0.342. The van der Waals surface area contributed by atoms with Gasteiger partial charge in [0.25, 0.3) is 5.69 Å². The molecule has 0 aliphatic rings. The normalized spacial score (nSPS) is 10.4. The monoisotopic (exact) mass is 265 g/mol. The average molecular weight is 265 g/mol. The Labute approximate surface area is 110 Å². The van der Waals surface area contributed by atoms with Gasteiger partial charge < -0.3 is 9.47 Å². The Kier molecular flexibility index (Phi) is 5.53. The van der Waals surface area contributed by atoms with E-state index in [4.69, 9.17) is 9.47 Å². The Balaban J connectivity index is 2.99. The van der Waals surface area contributed by atoms with E-state index in [-0.39, 0.29) is 5.69 Å². The smallest absolute Gasteiger partial charge is 0.330 e. The topological polar surface area (TPSA) is 78.7 Å². The lowest BCUT2D eigenvalue weighted by Crippen LogP contribution is -1.99. The van der Waals surface area contributed by atoms with E-state index in [2.05, 4.69) is 0 Å². The van der Waals surface area contributed by atoms with Crippen LogP contribution in [0.4, 0.5) is 5.69 Å². The van der Waals surface area contributed by atoms with E-state index in [9.17, 15) is 14.9 Å². The molecule has 0 atom stereocenters. The van der Waals surface area contributed by atoms with Gasteiger partial charge in [-0.25, -0.2) is 4.79 Å². The van der Waals surface area contributed by atoms with E-state index in [1.165, 1.54) is 30.4 Å². The molecule has 0 saturated carbocycles. The fourth-order valence-electron chi connectivity index (χ4n) is 1.40. The molecule has 0 saturated heterocycles. The van der Waals surface area contributed by atoms with Gasteiger partial charge in [-0.05, 0) is 26.0 Å². The predicted molar refractivity (Wildman–Crippen MR) is 69.9 cm³/mol. The summed E-state index contributed by atoms with van der Waals surface area (Å²) in [6.45, 7) is 4.16. The van der Waals surface area contributed by atoms with Crippen LogP contribution in [0.5, 0.6) is 5.75 Å². The fourth-order valence-corrected chi connectivity index (χ4v) is 1.40. The highest BCUT2D eigenvalue weighted by atomic mass is 16.6. The molecule has 0 spiro atoms. The van der Waals surface area contributed by atoms with Crippen LogP contribution in [0.2, 0.25) is 0 Å². The highest BCUT2D eigenvalue weighted by Crippen LogP contribution is 2.26. The van der Waals surface area contributed by atoms with E-state index >= 15 is 0 Å². The Bertz CT molecular complexity index is 496. The van der Waals surface area contributed by atoms with Crippen LogP contribution < -0.4 is 4.74 Å². The van der Waals surface area contributed by atoms with Gasteiger partial charge in [0.2, 0.25) is 0 Å². The number of hydrogen-bond acceptors (Lipinski definition) is 5. The molecule has 0 bridgehead atoms. The Morgan fingerprint density at radius 2 is 2.11 bits per heavy atom. The van der Waals surface area contributed by atoms with Crippen molar-refractivity contribution >= 4 is 17.7 Å². The molecule has 6 heteroatoms. The number of esters is 1. The second-order valence-corrected chi connectivity index (χ2v) is 3.50. The van der Waals surface area contributed by atoms with Crippen molar-refractivity contribution in [2.45, 2.75) is 13.8 Å². The standard InChI is InChI=1S/C13H15NO5/c1-3-18-12-9-11(14(16)17)7-5-10(12)6-8-13(15)19-4-2/h5-9H,3-4H2,1-2H3/b8-6+. The van der Waals surface area contributed by atoms with Crippen molar-refractivity contribution < 1.29 is 19.2 Å². The highest BCUT2D eigenvalue weighted by Gasteiger charge is 2.10. The average Bonchev–Trinajstić information content (AvgIpc) is 2.37. The summed E-state index contributed by atoms with van der Waals surface area (Å²) in [7, 11) is 0. The molecule has 102 valence electrons. The van der Waals surface area contributed by atoms with Crippen LogP contribution in [-0.2, 0) is 9.53 Å². The van der Waals surface area contributed by atoms with Crippen molar-refractivity contribution in [3.8, 4) is 5.75 Å². The van der Waals surface area contributed by atoms with E-state index in [0.29, 0.717) is 24.5 Å². The maximum absolute atomic E-state index is 11.2. The molecule has 0 unspecified atom stereocenters.